The van der Waals surface area contributed by atoms with Gasteiger partial charge in [-0.15, -0.1) is 0 Å². The summed E-state index contributed by atoms with van der Waals surface area (Å²) in [6, 6.07) is 2.40. The van der Waals surface area contributed by atoms with Crippen molar-refractivity contribution in [1.29, 1.82) is 0 Å². The van der Waals surface area contributed by atoms with Gasteiger partial charge in [0.25, 0.3) is 5.69 Å². The first kappa shape index (κ1) is 14.4. The molecule has 3 N–H and O–H groups in total. The van der Waals surface area contributed by atoms with Crippen LogP contribution in [0, 0.1) is 17.0 Å². The summed E-state index contributed by atoms with van der Waals surface area (Å²) >= 11 is 0. The van der Waals surface area contributed by atoms with Crippen LogP contribution in [-0.2, 0) is 4.79 Å². The number of nitrogens with zero attached hydrogens (tertiary/aromatic N) is 1. The first-order chi connectivity index (χ1) is 8.81. The average Bonchev–Trinajstić information content (AvgIpc) is 2.30. The Kier molecular flexibility index (Phi) is 4.41. The lowest BCUT2D eigenvalue weighted by molar-refractivity contribution is -0.385. The number of aryl methyl sites for hydroxylation is 1. The van der Waals surface area contributed by atoms with Crippen LogP contribution < -0.4 is 10.6 Å². The zero-order chi connectivity index (χ0) is 14.6. The normalized spacial score (nSPS) is 11.5. The minimum atomic E-state index is -1.18. The van der Waals surface area contributed by atoms with E-state index in [9.17, 15) is 19.7 Å². The number of aliphatic carboxylic acids is 1. The van der Waals surface area contributed by atoms with Crippen molar-refractivity contribution in [1.82, 2.24) is 5.32 Å². The van der Waals surface area contributed by atoms with Gasteiger partial charge in [0.05, 0.1) is 4.92 Å². The Hall–Kier alpha value is -2.64. The fraction of sp³-hybridized carbons (Fsp3) is 0.273. The van der Waals surface area contributed by atoms with Gasteiger partial charge in [-0.05, 0) is 19.9 Å². The van der Waals surface area contributed by atoms with Crippen molar-refractivity contribution in [3.63, 3.8) is 0 Å². The number of nitrogens with one attached hydrogen (secondary N) is 2. The number of hydrogen-bond acceptors (Lipinski definition) is 4. The van der Waals surface area contributed by atoms with Crippen molar-refractivity contribution in [2.75, 3.05) is 5.32 Å². The molecule has 0 aliphatic carbocycles. The number of urea groups is 1. The Morgan fingerprint density at radius 3 is 2.58 bits per heavy atom. The second-order valence-corrected chi connectivity index (χ2v) is 3.92. The van der Waals surface area contributed by atoms with Crippen LogP contribution in [0.3, 0.4) is 0 Å². The summed E-state index contributed by atoms with van der Waals surface area (Å²) in [5, 5.41) is 23.8. The smallest absolute Gasteiger partial charge is 0.325 e. The van der Waals surface area contributed by atoms with Gasteiger partial charge in [-0.3, -0.25) is 14.9 Å². The van der Waals surface area contributed by atoms with Crippen LogP contribution >= 0.6 is 0 Å². The van der Waals surface area contributed by atoms with Crippen LogP contribution in [0.15, 0.2) is 18.2 Å². The quantitative estimate of drug-likeness (QED) is 0.563. The zero-order valence-electron chi connectivity index (χ0n) is 10.3. The van der Waals surface area contributed by atoms with Gasteiger partial charge in [-0.1, -0.05) is 6.07 Å². The predicted octanol–water partition coefficient (Wildman–Crippen LogP) is 1.50. The monoisotopic (exact) mass is 267 g/mol. The zero-order valence-corrected chi connectivity index (χ0v) is 10.3. The molecule has 8 heteroatoms. The fourth-order valence-corrected chi connectivity index (χ4v) is 1.31. The summed E-state index contributed by atoms with van der Waals surface area (Å²) < 4.78 is 0. The van der Waals surface area contributed by atoms with Gasteiger partial charge in [-0.2, -0.15) is 0 Å². The number of rotatable bonds is 4. The van der Waals surface area contributed by atoms with Crippen molar-refractivity contribution in [2.24, 2.45) is 0 Å². The van der Waals surface area contributed by atoms with Crippen LogP contribution in [0.4, 0.5) is 16.2 Å². The number of carbonyl (C=O) groups is 2. The number of hydrogen-bond donors (Lipinski definition) is 3. The van der Waals surface area contributed by atoms with Gasteiger partial charge in [0.1, 0.15) is 6.04 Å². The highest BCUT2D eigenvalue weighted by molar-refractivity contribution is 5.92. The van der Waals surface area contributed by atoms with E-state index in [1.165, 1.54) is 25.1 Å². The molecule has 0 saturated heterocycles. The molecule has 1 aromatic rings. The molecule has 1 rings (SSSR count). The minimum Gasteiger partial charge on any atom is -0.480 e. The summed E-state index contributed by atoms with van der Waals surface area (Å²) in [5.41, 5.74) is 0.561. The lowest BCUT2D eigenvalue weighted by atomic mass is 10.2. The molecule has 0 radical (unpaired) electrons. The molecule has 102 valence electrons. The number of carboxylic acids is 1. The highest BCUT2D eigenvalue weighted by Crippen LogP contribution is 2.22. The van der Waals surface area contributed by atoms with E-state index in [4.69, 9.17) is 5.11 Å². The molecule has 0 bridgehead atoms. The minimum absolute atomic E-state index is 0.121. The van der Waals surface area contributed by atoms with Crippen LogP contribution in [0.2, 0.25) is 0 Å². The summed E-state index contributed by atoms with van der Waals surface area (Å²) in [7, 11) is 0. The maximum absolute atomic E-state index is 11.4. The summed E-state index contributed by atoms with van der Waals surface area (Å²) in [4.78, 5) is 32.2. The maximum atomic E-state index is 11.4. The number of carboxylic acid groups (broad SMARTS) is 1. The van der Waals surface area contributed by atoms with Gasteiger partial charge in [0.15, 0.2) is 0 Å². The van der Waals surface area contributed by atoms with Gasteiger partial charge in [-0.25, -0.2) is 4.79 Å². The van der Waals surface area contributed by atoms with E-state index in [0.29, 0.717) is 5.56 Å². The first-order valence-corrected chi connectivity index (χ1v) is 5.36. The summed E-state index contributed by atoms with van der Waals surface area (Å²) in [5.74, 6) is -1.18. The molecule has 0 aromatic heterocycles. The fourth-order valence-electron chi connectivity index (χ4n) is 1.31. The van der Waals surface area contributed by atoms with Crippen molar-refractivity contribution < 1.29 is 19.6 Å². The number of carbonyl (C=O) groups excluding carboxylic acids is 1. The molecule has 0 aliphatic heterocycles. The number of nitro benzene ring substituents is 1. The maximum Gasteiger partial charge on any atom is 0.325 e. The summed E-state index contributed by atoms with van der Waals surface area (Å²) in [6.45, 7) is 2.88. The average molecular weight is 267 g/mol. The second kappa shape index (κ2) is 5.80. The van der Waals surface area contributed by atoms with E-state index in [1.54, 1.807) is 6.92 Å². The molecule has 0 saturated carbocycles. The van der Waals surface area contributed by atoms with E-state index in [0.717, 1.165) is 0 Å². The predicted molar refractivity (Wildman–Crippen MR) is 67.1 cm³/mol. The molecule has 19 heavy (non-hydrogen) atoms. The van der Waals surface area contributed by atoms with Crippen molar-refractivity contribution in [3.8, 4) is 0 Å². The molecule has 0 unspecified atom stereocenters. The topological polar surface area (TPSA) is 122 Å². The largest absolute Gasteiger partial charge is 0.480 e. The Morgan fingerprint density at radius 2 is 2.05 bits per heavy atom. The molecule has 2 amide bonds. The van der Waals surface area contributed by atoms with Crippen molar-refractivity contribution in [2.45, 2.75) is 19.9 Å². The van der Waals surface area contributed by atoms with E-state index in [-0.39, 0.29) is 11.4 Å². The Morgan fingerprint density at radius 1 is 1.42 bits per heavy atom. The molecule has 0 fully saturated rings. The van der Waals surface area contributed by atoms with Crippen LogP contribution in [0.25, 0.3) is 0 Å². The molecule has 1 aromatic carbocycles. The van der Waals surface area contributed by atoms with Crippen LogP contribution in [-0.4, -0.2) is 28.1 Å². The molecule has 8 nitrogen and oxygen atoms in total. The number of anilines is 1. The number of benzene rings is 1. The lowest BCUT2D eigenvalue weighted by Gasteiger charge is -2.10. The number of nitro groups is 1. The third-order valence-corrected chi connectivity index (χ3v) is 2.38. The van der Waals surface area contributed by atoms with Gasteiger partial charge < -0.3 is 15.7 Å². The van der Waals surface area contributed by atoms with Crippen LogP contribution in [0.1, 0.15) is 12.5 Å². The van der Waals surface area contributed by atoms with Gasteiger partial charge in [0.2, 0.25) is 0 Å². The van der Waals surface area contributed by atoms with E-state index >= 15 is 0 Å². The van der Waals surface area contributed by atoms with E-state index < -0.39 is 23.0 Å². The third kappa shape index (κ3) is 3.95. The molecule has 0 heterocycles. The van der Waals surface area contributed by atoms with Gasteiger partial charge in [0, 0.05) is 17.3 Å². The van der Waals surface area contributed by atoms with Crippen LogP contribution in [0.5, 0.6) is 0 Å². The lowest BCUT2D eigenvalue weighted by Crippen LogP contribution is -2.40. The van der Waals surface area contributed by atoms with E-state index in [2.05, 4.69) is 10.6 Å². The third-order valence-electron chi connectivity index (χ3n) is 2.38. The standard InChI is InChI=1S/C11H13N3O5/c1-6-3-4-8(5-9(6)14(18)19)13-11(17)12-7(2)10(15)16/h3-5,7H,1-2H3,(H,15,16)(H2,12,13,17)/t7-/m1/s1. The number of amides is 2. The highest BCUT2D eigenvalue weighted by atomic mass is 16.6. The second-order valence-electron chi connectivity index (χ2n) is 3.92. The Bertz CT molecular complexity index is 529. The molecule has 1 atom stereocenters. The van der Waals surface area contributed by atoms with Gasteiger partial charge >= 0.3 is 12.0 Å². The highest BCUT2D eigenvalue weighted by Gasteiger charge is 2.15. The Balaban J connectivity index is 2.78. The first-order valence-electron chi connectivity index (χ1n) is 5.36. The molecular formula is C11H13N3O5. The Labute approximate surface area is 108 Å². The van der Waals surface area contributed by atoms with E-state index in [1.807, 2.05) is 0 Å². The SMILES string of the molecule is Cc1ccc(NC(=O)N[C@H](C)C(=O)O)cc1[N+](=O)[O-]. The molecular weight excluding hydrogens is 254 g/mol. The summed E-state index contributed by atoms with van der Waals surface area (Å²) in [6.07, 6.45) is 0. The molecule has 0 aliphatic rings. The molecule has 0 spiro atoms. The van der Waals surface area contributed by atoms with Crippen molar-refractivity contribution in [3.05, 3.63) is 33.9 Å². The van der Waals surface area contributed by atoms with Crippen molar-refractivity contribution >= 4 is 23.4 Å².